The molecule has 2 atom stereocenters. The molecule has 0 rings (SSSR count). The Morgan fingerprint density at radius 3 is 2.05 bits per heavy atom. The van der Waals surface area contributed by atoms with Crippen molar-refractivity contribution >= 4 is 6.29 Å². The molecule has 3 heteroatoms. The van der Waals surface area contributed by atoms with Crippen molar-refractivity contribution in [3.63, 3.8) is 0 Å². The van der Waals surface area contributed by atoms with Crippen LogP contribution in [0, 0.1) is 0 Å². The molecule has 21 heavy (non-hydrogen) atoms. The average Bonchev–Trinajstić information content (AvgIpc) is 2.45. The monoisotopic (exact) mass is 294 g/mol. The first kappa shape index (κ1) is 19.8. The molecule has 0 aliphatic heterocycles. The first-order chi connectivity index (χ1) is 10.1. The van der Waals surface area contributed by atoms with Crippen LogP contribution in [0.25, 0.3) is 0 Å². The van der Waals surface area contributed by atoms with Crippen LogP contribution in [0.3, 0.4) is 0 Å². The van der Waals surface area contributed by atoms with Gasteiger partial charge >= 0.3 is 0 Å². The van der Waals surface area contributed by atoms with E-state index in [1.165, 1.54) is 0 Å². The van der Waals surface area contributed by atoms with Gasteiger partial charge in [-0.2, -0.15) is 0 Å². The fourth-order valence-corrected chi connectivity index (χ4v) is 2.18. The minimum absolute atomic E-state index is 0.289. The van der Waals surface area contributed by atoms with E-state index in [1.807, 2.05) is 6.08 Å². The van der Waals surface area contributed by atoms with Gasteiger partial charge in [-0.15, -0.1) is 13.2 Å². The molecular formula is C18H30O3. The largest absolute Gasteiger partial charge is 0.393 e. The summed E-state index contributed by atoms with van der Waals surface area (Å²) in [6.45, 7) is 7.19. The number of aliphatic hydroxyl groups excluding tert-OH is 2. The highest BCUT2D eigenvalue weighted by atomic mass is 16.3. The molecule has 0 aliphatic rings. The molecule has 2 N–H and O–H groups in total. The third-order valence-electron chi connectivity index (χ3n) is 3.43. The second kappa shape index (κ2) is 13.8. The Morgan fingerprint density at radius 1 is 0.952 bits per heavy atom. The highest BCUT2D eigenvalue weighted by Crippen LogP contribution is 2.12. The summed E-state index contributed by atoms with van der Waals surface area (Å²) in [4.78, 5) is 11.0. The second-order valence-corrected chi connectivity index (χ2v) is 5.43. The summed E-state index contributed by atoms with van der Waals surface area (Å²) in [5.74, 6) is 0. The molecule has 0 aliphatic carbocycles. The van der Waals surface area contributed by atoms with Crippen molar-refractivity contribution in [1.82, 2.24) is 0 Å². The van der Waals surface area contributed by atoms with E-state index in [1.54, 1.807) is 12.2 Å². The molecule has 2 unspecified atom stereocenters. The van der Waals surface area contributed by atoms with Crippen molar-refractivity contribution in [2.24, 2.45) is 0 Å². The lowest BCUT2D eigenvalue weighted by molar-refractivity contribution is -0.105. The van der Waals surface area contributed by atoms with Crippen LogP contribution in [-0.4, -0.2) is 28.7 Å². The fourth-order valence-electron chi connectivity index (χ4n) is 2.18. The number of rotatable bonds is 14. The number of unbranched alkanes of at least 4 members (excludes halogenated alkanes) is 2. The molecule has 0 heterocycles. The topological polar surface area (TPSA) is 57.5 Å². The van der Waals surface area contributed by atoms with Gasteiger partial charge in [-0.3, -0.25) is 4.79 Å². The van der Waals surface area contributed by atoms with Crippen LogP contribution in [0.1, 0.15) is 57.8 Å². The zero-order chi connectivity index (χ0) is 15.9. The normalized spacial score (nSPS) is 14.5. The summed E-state index contributed by atoms with van der Waals surface area (Å²) in [6, 6.07) is 0. The van der Waals surface area contributed by atoms with Crippen LogP contribution in [0.15, 0.2) is 37.0 Å². The molecular weight excluding hydrogens is 264 g/mol. The second-order valence-electron chi connectivity index (χ2n) is 5.43. The molecule has 0 amide bonds. The Balaban J connectivity index is 3.77. The lowest BCUT2D eigenvalue weighted by Gasteiger charge is -2.08. The van der Waals surface area contributed by atoms with Crippen LogP contribution in [0.4, 0.5) is 0 Å². The minimum atomic E-state index is -0.346. The molecule has 0 fully saturated rings. The summed E-state index contributed by atoms with van der Waals surface area (Å²) < 4.78 is 0. The summed E-state index contributed by atoms with van der Waals surface area (Å²) in [7, 11) is 0. The maximum Gasteiger partial charge on any atom is 0.145 e. The van der Waals surface area contributed by atoms with E-state index in [2.05, 4.69) is 13.2 Å². The van der Waals surface area contributed by atoms with Gasteiger partial charge in [-0.25, -0.2) is 0 Å². The van der Waals surface area contributed by atoms with E-state index >= 15 is 0 Å². The van der Waals surface area contributed by atoms with E-state index in [0.29, 0.717) is 19.3 Å². The smallest absolute Gasteiger partial charge is 0.145 e. The molecule has 0 saturated carbocycles. The lowest BCUT2D eigenvalue weighted by Crippen LogP contribution is -2.04. The molecule has 0 radical (unpaired) electrons. The van der Waals surface area contributed by atoms with Crippen LogP contribution in [-0.2, 0) is 4.79 Å². The highest BCUT2D eigenvalue weighted by molar-refractivity contribution is 5.72. The zero-order valence-corrected chi connectivity index (χ0v) is 13.0. The first-order valence-corrected chi connectivity index (χ1v) is 7.86. The van der Waals surface area contributed by atoms with Crippen LogP contribution in [0.2, 0.25) is 0 Å². The number of carbonyl (C=O) groups is 1. The van der Waals surface area contributed by atoms with Crippen molar-refractivity contribution < 1.29 is 15.0 Å². The molecule has 0 aromatic heterocycles. The van der Waals surface area contributed by atoms with Gasteiger partial charge in [0.25, 0.3) is 0 Å². The average molecular weight is 294 g/mol. The predicted octanol–water partition coefficient (Wildman–Crippen LogP) is 3.72. The third-order valence-corrected chi connectivity index (χ3v) is 3.43. The van der Waals surface area contributed by atoms with E-state index in [0.717, 1.165) is 50.4 Å². The van der Waals surface area contributed by atoms with Gasteiger partial charge in [0.15, 0.2) is 0 Å². The summed E-state index contributed by atoms with van der Waals surface area (Å²) >= 11 is 0. The van der Waals surface area contributed by atoms with Crippen molar-refractivity contribution in [3.05, 3.63) is 37.0 Å². The molecule has 0 aromatic rings. The Kier molecular flexibility index (Phi) is 13.0. The fraction of sp³-hybridized carbons (Fsp3) is 0.611. The number of aliphatic hydroxyl groups is 2. The maximum absolute atomic E-state index is 11.0. The summed E-state index contributed by atoms with van der Waals surface area (Å²) in [5.41, 5.74) is 0.812. The van der Waals surface area contributed by atoms with E-state index < -0.39 is 0 Å². The zero-order valence-electron chi connectivity index (χ0n) is 13.0. The van der Waals surface area contributed by atoms with Gasteiger partial charge in [0.05, 0.1) is 12.2 Å². The number of allylic oxidation sites excluding steroid dienone is 2. The van der Waals surface area contributed by atoms with Crippen LogP contribution in [0.5, 0.6) is 0 Å². The van der Waals surface area contributed by atoms with Gasteiger partial charge in [-0.1, -0.05) is 24.6 Å². The van der Waals surface area contributed by atoms with Crippen LogP contribution < -0.4 is 0 Å². The molecule has 0 saturated heterocycles. The van der Waals surface area contributed by atoms with Gasteiger partial charge < -0.3 is 10.2 Å². The van der Waals surface area contributed by atoms with E-state index in [4.69, 9.17) is 0 Å². The maximum atomic E-state index is 11.0. The van der Waals surface area contributed by atoms with E-state index in [-0.39, 0.29) is 12.2 Å². The molecule has 0 spiro atoms. The SMILES string of the molecule is C=CCC(O)CCCC/C=C(/C=O)CCCC(O)CC=C. The highest BCUT2D eigenvalue weighted by Gasteiger charge is 2.03. The van der Waals surface area contributed by atoms with E-state index in [9.17, 15) is 15.0 Å². The summed E-state index contributed by atoms with van der Waals surface area (Å²) in [5, 5.41) is 19.1. The molecule has 3 nitrogen and oxygen atoms in total. The van der Waals surface area contributed by atoms with Gasteiger partial charge in [0.2, 0.25) is 0 Å². The number of aldehydes is 1. The summed E-state index contributed by atoms with van der Waals surface area (Å²) in [6.07, 6.45) is 12.8. The number of hydrogen-bond donors (Lipinski definition) is 2. The van der Waals surface area contributed by atoms with Gasteiger partial charge in [0, 0.05) is 0 Å². The minimum Gasteiger partial charge on any atom is -0.393 e. The Hall–Kier alpha value is -1.19. The lowest BCUT2D eigenvalue weighted by atomic mass is 10.0. The number of carbonyl (C=O) groups excluding carboxylic acids is 1. The first-order valence-electron chi connectivity index (χ1n) is 7.86. The van der Waals surface area contributed by atoms with Gasteiger partial charge in [0.1, 0.15) is 6.29 Å². The van der Waals surface area contributed by atoms with Crippen molar-refractivity contribution in [2.45, 2.75) is 70.0 Å². The van der Waals surface area contributed by atoms with Crippen molar-refractivity contribution in [1.29, 1.82) is 0 Å². The Morgan fingerprint density at radius 2 is 1.52 bits per heavy atom. The quantitative estimate of drug-likeness (QED) is 0.222. The Bertz CT molecular complexity index is 320. The Labute approximate surface area is 129 Å². The number of hydrogen-bond acceptors (Lipinski definition) is 3. The standard InChI is InChI=1S/C18H30O3/c1-3-9-17(20)13-7-5-6-11-16(15-19)12-8-14-18(21)10-4-2/h3-4,11,15,17-18,20-21H,1-2,5-10,12-14H2/b16-11+. The van der Waals surface area contributed by atoms with Gasteiger partial charge in [-0.05, 0) is 56.9 Å². The van der Waals surface area contributed by atoms with Crippen LogP contribution >= 0.6 is 0 Å². The van der Waals surface area contributed by atoms with Crippen molar-refractivity contribution in [2.75, 3.05) is 0 Å². The molecule has 120 valence electrons. The molecule has 0 bridgehead atoms. The third kappa shape index (κ3) is 12.3. The predicted molar refractivity (Wildman–Crippen MR) is 88.1 cm³/mol. The van der Waals surface area contributed by atoms with Crippen molar-refractivity contribution in [3.8, 4) is 0 Å². The molecule has 0 aromatic carbocycles.